The number of rotatable bonds is 5. The SMILES string of the molecule is N#Cc1c(COC[C@H]2C[C@@H]2c2ccccc2)c2ccccc2c2ccccc12. The van der Waals surface area contributed by atoms with Gasteiger partial charge in [-0.3, -0.25) is 0 Å². The van der Waals surface area contributed by atoms with Crippen LogP contribution in [0, 0.1) is 17.2 Å². The zero-order valence-corrected chi connectivity index (χ0v) is 15.6. The molecule has 2 atom stereocenters. The van der Waals surface area contributed by atoms with Gasteiger partial charge in [-0.15, -0.1) is 0 Å². The van der Waals surface area contributed by atoms with Gasteiger partial charge in [0.05, 0.1) is 18.8 Å². The minimum atomic E-state index is 0.478. The summed E-state index contributed by atoms with van der Waals surface area (Å²) in [5, 5.41) is 14.3. The van der Waals surface area contributed by atoms with Gasteiger partial charge in [-0.2, -0.15) is 5.26 Å². The molecule has 1 fully saturated rings. The van der Waals surface area contributed by atoms with Crippen molar-refractivity contribution in [2.24, 2.45) is 5.92 Å². The zero-order valence-electron chi connectivity index (χ0n) is 15.6. The zero-order chi connectivity index (χ0) is 18.9. The Morgan fingerprint density at radius 1 is 0.786 bits per heavy atom. The normalized spacial score (nSPS) is 18.2. The van der Waals surface area contributed by atoms with Crippen molar-refractivity contribution in [1.29, 1.82) is 5.26 Å². The average Bonchev–Trinajstić information content (AvgIpc) is 3.54. The van der Waals surface area contributed by atoms with Crippen LogP contribution in [0.4, 0.5) is 0 Å². The molecular weight excluding hydrogens is 342 g/mol. The number of benzene rings is 4. The highest BCUT2D eigenvalue weighted by atomic mass is 16.5. The minimum absolute atomic E-state index is 0.478. The second kappa shape index (κ2) is 7.11. The molecule has 0 aliphatic heterocycles. The molecule has 0 spiro atoms. The smallest absolute Gasteiger partial charge is 0.100 e. The molecule has 4 aromatic rings. The van der Waals surface area contributed by atoms with Gasteiger partial charge >= 0.3 is 0 Å². The fourth-order valence-electron chi connectivity index (χ4n) is 4.34. The number of ether oxygens (including phenoxy) is 1. The quantitative estimate of drug-likeness (QED) is 0.396. The van der Waals surface area contributed by atoms with E-state index in [1.807, 2.05) is 24.3 Å². The molecule has 5 rings (SSSR count). The van der Waals surface area contributed by atoms with E-state index in [1.165, 1.54) is 17.4 Å². The van der Waals surface area contributed by atoms with E-state index < -0.39 is 0 Å². The second-order valence-electron chi connectivity index (χ2n) is 7.58. The van der Waals surface area contributed by atoms with Crippen LogP contribution >= 0.6 is 0 Å². The Kier molecular flexibility index (Phi) is 4.31. The minimum Gasteiger partial charge on any atom is -0.376 e. The summed E-state index contributed by atoms with van der Waals surface area (Å²) >= 11 is 0. The number of fused-ring (bicyclic) bond motifs is 3. The van der Waals surface area contributed by atoms with Gasteiger partial charge in [0, 0.05) is 10.9 Å². The van der Waals surface area contributed by atoms with Crippen molar-refractivity contribution in [1.82, 2.24) is 0 Å². The van der Waals surface area contributed by atoms with Crippen LogP contribution in [0.15, 0.2) is 78.9 Å². The molecule has 1 saturated carbocycles. The Morgan fingerprint density at radius 3 is 2.11 bits per heavy atom. The molecule has 0 saturated heterocycles. The summed E-state index contributed by atoms with van der Waals surface area (Å²) < 4.78 is 6.14. The Hall–Kier alpha value is -3.15. The van der Waals surface area contributed by atoms with Crippen molar-refractivity contribution in [3.05, 3.63) is 95.6 Å². The van der Waals surface area contributed by atoms with Gasteiger partial charge in [0.15, 0.2) is 0 Å². The van der Waals surface area contributed by atoms with Crippen molar-refractivity contribution in [3.63, 3.8) is 0 Å². The maximum Gasteiger partial charge on any atom is 0.100 e. The molecule has 0 unspecified atom stereocenters. The van der Waals surface area contributed by atoms with E-state index in [1.54, 1.807) is 0 Å². The monoisotopic (exact) mass is 363 g/mol. The van der Waals surface area contributed by atoms with Crippen molar-refractivity contribution < 1.29 is 4.74 Å². The van der Waals surface area contributed by atoms with Crippen LogP contribution in [0.25, 0.3) is 21.5 Å². The molecule has 1 aliphatic carbocycles. The summed E-state index contributed by atoms with van der Waals surface area (Å²) in [6, 6.07) is 29.6. The van der Waals surface area contributed by atoms with E-state index in [2.05, 4.69) is 60.7 Å². The number of nitriles is 1. The number of hydrogen-bond acceptors (Lipinski definition) is 2. The van der Waals surface area contributed by atoms with Gasteiger partial charge in [-0.1, -0.05) is 78.9 Å². The fourth-order valence-corrected chi connectivity index (χ4v) is 4.34. The Labute approximate surface area is 165 Å². The fraction of sp³-hybridized carbons (Fsp3) is 0.192. The standard InChI is InChI=1S/C26H21NO/c27-15-25-22-12-6-4-10-20(22)21-11-5-7-13-23(21)26(25)17-28-16-19-14-24(19)18-8-2-1-3-9-18/h1-13,19,24H,14,16-17H2/t19-,24-/m1/s1. The van der Waals surface area contributed by atoms with Crippen LogP contribution in [0.5, 0.6) is 0 Å². The lowest BCUT2D eigenvalue weighted by Gasteiger charge is -2.14. The molecule has 0 N–H and O–H groups in total. The molecular formula is C26H21NO. The summed E-state index contributed by atoms with van der Waals surface area (Å²) in [6.45, 7) is 1.22. The van der Waals surface area contributed by atoms with Crippen molar-refractivity contribution in [2.75, 3.05) is 6.61 Å². The summed E-state index contributed by atoms with van der Waals surface area (Å²) in [7, 11) is 0. The van der Waals surface area contributed by atoms with Crippen molar-refractivity contribution in [3.8, 4) is 6.07 Å². The summed E-state index contributed by atoms with van der Waals surface area (Å²) in [6.07, 6.45) is 1.19. The third kappa shape index (κ3) is 2.95. The second-order valence-corrected chi connectivity index (χ2v) is 7.58. The molecule has 0 bridgehead atoms. The topological polar surface area (TPSA) is 33.0 Å². The van der Waals surface area contributed by atoms with E-state index in [0.29, 0.717) is 18.4 Å². The van der Waals surface area contributed by atoms with Crippen LogP contribution in [-0.4, -0.2) is 6.61 Å². The maximum absolute atomic E-state index is 9.88. The molecule has 1 aliphatic rings. The molecule has 0 radical (unpaired) electrons. The summed E-state index contributed by atoms with van der Waals surface area (Å²) in [5.74, 6) is 1.20. The molecule has 2 heteroatoms. The molecule has 28 heavy (non-hydrogen) atoms. The Morgan fingerprint density at radius 2 is 1.39 bits per heavy atom. The lowest BCUT2D eigenvalue weighted by molar-refractivity contribution is 0.110. The lowest BCUT2D eigenvalue weighted by atomic mass is 9.92. The number of nitrogens with zero attached hydrogens (tertiary/aromatic N) is 1. The van der Waals surface area contributed by atoms with E-state index >= 15 is 0 Å². The summed E-state index contributed by atoms with van der Waals surface area (Å²) in [4.78, 5) is 0. The third-order valence-corrected chi connectivity index (χ3v) is 5.88. The van der Waals surface area contributed by atoms with Crippen LogP contribution in [-0.2, 0) is 11.3 Å². The van der Waals surface area contributed by atoms with E-state index in [4.69, 9.17) is 4.74 Å². The first kappa shape index (κ1) is 17.0. The van der Waals surface area contributed by atoms with E-state index in [-0.39, 0.29) is 0 Å². The molecule has 2 nitrogen and oxygen atoms in total. The average molecular weight is 363 g/mol. The van der Waals surface area contributed by atoms with E-state index in [0.717, 1.165) is 33.9 Å². The lowest BCUT2D eigenvalue weighted by Crippen LogP contribution is -2.02. The van der Waals surface area contributed by atoms with Crippen LogP contribution in [0.3, 0.4) is 0 Å². The summed E-state index contributed by atoms with van der Waals surface area (Å²) in [5.41, 5.74) is 3.16. The van der Waals surface area contributed by atoms with E-state index in [9.17, 15) is 5.26 Å². The molecule has 136 valence electrons. The van der Waals surface area contributed by atoms with Gasteiger partial charge in [0.2, 0.25) is 0 Å². The molecule has 0 amide bonds. The maximum atomic E-state index is 9.88. The molecule has 4 aromatic carbocycles. The van der Waals surface area contributed by atoms with Crippen molar-refractivity contribution >= 4 is 21.5 Å². The van der Waals surface area contributed by atoms with Gasteiger partial charge in [0.25, 0.3) is 0 Å². The van der Waals surface area contributed by atoms with Gasteiger partial charge < -0.3 is 4.74 Å². The van der Waals surface area contributed by atoms with Crippen LogP contribution in [0.2, 0.25) is 0 Å². The van der Waals surface area contributed by atoms with Gasteiger partial charge in [-0.05, 0) is 40.0 Å². The van der Waals surface area contributed by atoms with Crippen molar-refractivity contribution in [2.45, 2.75) is 18.9 Å². The third-order valence-electron chi connectivity index (χ3n) is 5.88. The largest absolute Gasteiger partial charge is 0.376 e. The highest BCUT2D eigenvalue weighted by Crippen LogP contribution is 2.47. The first-order valence-electron chi connectivity index (χ1n) is 9.82. The number of hydrogen-bond donors (Lipinski definition) is 0. The molecule has 0 aromatic heterocycles. The van der Waals surface area contributed by atoms with Crippen LogP contribution < -0.4 is 0 Å². The van der Waals surface area contributed by atoms with Gasteiger partial charge in [-0.25, -0.2) is 0 Å². The highest BCUT2D eigenvalue weighted by Gasteiger charge is 2.38. The Balaban J connectivity index is 1.42. The van der Waals surface area contributed by atoms with Gasteiger partial charge in [0.1, 0.15) is 6.07 Å². The first-order valence-corrected chi connectivity index (χ1v) is 9.82. The highest BCUT2D eigenvalue weighted by molar-refractivity contribution is 6.11. The Bertz CT molecular complexity index is 1190. The van der Waals surface area contributed by atoms with Crippen LogP contribution in [0.1, 0.15) is 29.0 Å². The predicted octanol–water partition coefficient (Wildman–Crippen LogP) is 6.18. The first-order chi connectivity index (χ1) is 13.9. The molecule has 0 heterocycles. The predicted molar refractivity (Wildman–Crippen MR) is 113 cm³/mol.